The number of benzene rings is 1. The summed E-state index contributed by atoms with van der Waals surface area (Å²) in [7, 11) is 0. The van der Waals surface area contributed by atoms with Gasteiger partial charge in [-0.25, -0.2) is 0 Å². The van der Waals surface area contributed by atoms with Crippen LogP contribution in [0.2, 0.25) is 5.02 Å². The lowest BCUT2D eigenvalue weighted by atomic mass is 10.0. The predicted octanol–water partition coefficient (Wildman–Crippen LogP) is 3.40. The molecular weight excluding hydrogens is 298 g/mol. The summed E-state index contributed by atoms with van der Waals surface area (Å²) < 4.78 is 10.4. The zero-order valence-electron chi connectivity index (χ0n) is 11.4. The summed E-state index contributed by atoms with van der Waals surface area (Å²) >= 11 is 6.02. The van der Waals surface area contributed by atoms with Gasteiger partial charge in [-0.3, -0.25) is 14.9 Å². The predicted molar refractivity (Wildman–Crippen MR) is 77.1 cm³/mol. The Kier molecular flexibility index (Phi) is 4.80. The molecule has 1 heterocycles. The monoisotopic (exact) mass is 311 g/mol. The van der Waals surface area contributed by atoms with E-state index in [-0.39, 0.29) is 13.0 Å². The number of para-hydroxylation sites is 1. The van der Waals surface area contributed by atoms with E-state index in [2.05, 4.69) is 0 Å². The van der Waals surface area contributed by atoms with E-state index in [0.717, 1.165) is 5.39 Å². The first kappa shape index (κ1) is 15.3. The molecule has 112 valence electrons. The van der Waals surface area contributed by atoms with E-state index in [0.29, 0.717) is 16.4 Å². The van der Waals surface area contributed by atoms with Gasteiger partial charge >= 0.3 is 5.97 Å². The van der Waals surface area contributed by atoms with Gasteiger partial charge in [-0.1, -0.05) is 23.7 Å². The van der Waals surface area contributed by atoms with Crippen molar-refractivity contribution in [3.05, 3.63) is 45.2 Å². The average molecular weight is 312 g/mol. The Balaban J connectivity index is 2.31. The molecule has 21 heavy (non-hydrogen) atoms. The van der Waals surface area contributed by atoms with Gasteiger partial charge in [0.2, 0.25) is 6.54 Å². The number of hydrogen-bond acceptors (Lipinski definition) is 5. The van der Waals surface area contributed by atoms with Crippen LogP contribution < -0.4 is 0 Å². The highest BCUT2D eigenvalue weighted by Gasteiger charge is 2.26. The summed E-state index contributed by atoms with van der Waals surface area (Å²) in [6.45, 7) is 1.51. The van der Waals surface area contributed by atoms with Gasteiger partial charge < -0.3 is 9.15 Å². The molecule has 7 heteroatoms. The number of ether oxygens (including phenoxy) is 1. The fraction of sp³-hybridized carbons (Fsp3) is 0.357. The van der Waals surface area contributed by atoms with Crippen molar-refractivity contribution in [1.82, 2.24) is 0 Å². The van der Waals surface area contributed by atoms with Gasteiger partial charge in [0.1, 0.15) is 5.76 Å². The third-order valence-electron chi connectivity index (χ3n) is 3.01. The summed E-state index contributed by atoms with van der Waals surface area (Å²) in [5.74, 6) is -0.804. The maximum atomic E-state index is 11.6. The molecule has 0 amide bonds. The molecule has 0 spiro atoms. The Hall–Kier alpha value is -2.08. The Labute approximate surface area is 125 Å². The summed E-state index contributed by atoms with van der Waals surface area (Å²) in [5, 5.41) is 12.0. The number of halogens is 1. The van der Waals surface area contributed by atoms with Crippen molar-refractivity contribution in [2.75, 3.05) is 13.2 Å². The molecule has 0 N–H and O–H groups in total. The van der Waals surface area contributed by atoms with Crippen molar-refractivity contribution in [2.45, 2.75) is 19.3 Å². The molecule has 0 fully saturated rings. The molecular formula is C14H14ClNO5. The Bertz CT molecular complexity index is 666. The number of fused-ring (bicyclic) bond motifs is 1. The molecule has 0 saturated heterocycles. The van der Waals surface area contributed by atoms with Gasteiger partial charge in [0.15, 0.2) is 5.58 Å². The van der Waals surface area contributed by atoms with Crippen LogP contribution in [-0.2, 0) is 9.53 Å². The van der Waals surface area contributed by atoms with Gasteiger partial charge in [-0.15, -0.1) is 0 Å². The Morgan fingerprint density at radius 3 is 2.90 bits per heavy atom. The van der Waals surface area contributed by atoms with Crippen molar-refractivity contribution in [3.63, 3.8) is 0 Å². The van der Waals surface area contributed by atoms with Gasteiger partial charge in [0, 0.05) is 10.3 Å². The quantitative estimate of drug-likeness (QED) is 0.464. The van der Waals surface area contributed by atoms with E-state index < -0.39 is 23.4 Å². The first-order chi connectivity index (χ1) is 10.0. The molecule has 0 radical (unpaired) electrons. The summed E-state index contributed by atoms with van der Waals surface area (Å²) in [6, 6.07) is 6.90. The van der Waals surface area contributed by atoms with Crippen LogP contribution in [0, 0.1) is 10.1 Å². The number of rotatable bonds is 6. The molecule has 0 aliphatic rings. The first-order valence-electron chi connectivity index (χ1n) is 6.46. The molecule has 1 atom stereocenters. The summed E-state index contributed by atoms with van der Waals surface area (Å²) in [6.07, 6.45) is -0.105. The van der Waals surface area contributed by atoms with Crippen LogP contribution in [0.3, 0.4) is 0 Å². The second-order valence-corrected chi connectivity index (χ2v) is 4.94. The highest BCUT2D eigenvalue weighted by Crippen LogP contribution is 2.31. The van der Waals surface area contributed by atoms with Crippen LogP contribution in [0.1, 0.15) is 25.0 Å². The van der Waals surface area contributed by atoms with Crippen LogP contribution in [0.4, 0.5) is 0 Å². The van der Waals surface area contributed by atoms with Crippen LogP contribution >= 0.6 is 11.6 Å². The Morgan fingerprint density at radius 1 is 1.52 bits per heavy atom. The zero-order chi connectivity index (χ0) is 15.4. The number of carbonyl (C=O) groups excluding carboxylic acids is 1. The minimum Gasteiger partial charge on any atom is -0.466 e. The first-order valence-corrected chi connectivity index (χ1v) is 6.84. The smallest absolute Gasteiger partial charge is 0.306 e. The van der Waals surface area contributed by atoms with E-state index in [1.165, 1.54) is 0 Å². The minimum absolute atomic E-state index is 0.105. The molecule has 2 aromatic rings. The summed E-state index contributed by atoms with van der Waals surface area (Å²) in [5.41, 5.74) is 0.464. The third-order valence-corrected chi connectivity index (χ3v) is 3.30. The lowest BCUT2D eigenvalue weighted by molar-refractivity contribution is -0.483. The number of nitro groups is 1. The van der Waals surface area contributed by atoms with Crippen molar-refractivity contribution >= 4 is 28.5 Å². The van der Waals surface area contributed by atoms with Gasteiger partial charge in [0.25, 0.3) is 0 Å². The molecule has 0 aliphatic heterocycles. The van der Waals surface area contributed by atoms with Crippen LogP contribution in [0.15, 0.2) is 28.7 Å². The molecule has 1 aromatic heterocycles. The molecule has 2 rings (SSSR count). The SMILES string of the molecule is CCOC(=O)CC(C[N+](=O)[O-])c1cc2cccc(Cl)c2o1. The van der Waals surface area contributed by atoms with Crippen molar-refractivity contribution in [1.29, 1.82) is 0 Å². The molecule has 1 unspecified atom stereocenters. The van der Waals surface area contributed by atoms with Crippen LogP contribution in [0.25, 0.3) is 11.0 Å². The normalized spacial score (nSPS) is 12.3. The lowest BCUT2D eigenvalue weighted by Crippen LogP contribution is -2.17. The highest BCUT2D eigenvalue weighted by atomic mass is 35.5. The molecule has 6 nitrogen and oxygen atoms in total. The number of nitrogens with zero attached hydrogens (tertiary/aromatic N) is 1. The standard InChI is InChI=1S/C14H14ClNO5/c1-2-20-13(17)7-10(8-16(18)19)12-6-9-4-3-5-11(15)14(9)21-12/h3-6,10H,2,7-8H2,1H3. The molecule has 0 bridgehead atoms. The summed E-state index contributed by atoms with van der Waals surface area (Å²) in [4.78, 5) is 21.9. The zero-order valence-corrected chi connectivity index (χ0v) is 12.1. The van der Waals surface area contributed by atoms with Crippen LogP contribution in [0.5, 0.6) is 0 Å². The maximum Gasteiger partial charge on any atom is 0.306 e. The maximum absolute atomic E-state index is 11.6. The number of furan rings is 1. The van der Waals surface area contributed by atoms with E-state index in [4.69, 9.17) is 20.8 Å². The van der Waals surface area contributed by atoms with E-state index in [1.54, 1.807) is 31.2 Å². The van der Waals surface area contributed by atoms with Crippen molar-refractivity contribution < 1.29 is 18.9 Å². The molecule has 1 aromatic carbocycles. The molecule has 0 aliphatic carbocycles. The van der Waals surface area contributed by atoms with Gasteiger partial charge in [-0.05, 0) is 19.1 Å². The minimum atomic E-state index is -0.678. The van der Waals surface area contributed by atoms with Crippen molar-refractivity contribution in [2.24, 2.45) is 0 Å². The van der Waals surface area contributed by atoms with Crippen LogP contribution in [-0.4, -0.2) is 24.0 Å². The highest BCUT2D eigenvalue weighted by molar-refractivity contribution is 6.34. The Morgan fingerprint density at radius 2 is 2.29 bits per heavy atom. The largest absolute Gasteiger partial charge is 0.466 e. The second-order valence-electron chi connectivity index (χ2n) is 4.53. The lowest BCUT2D eigenvalue weighted by Gasteiger charge is -2.09. The average Bonchev–Trinajstić information content (AvgIpc) is 2.83. The topological polar surface area (TPSA) is 82.6 Å². The van der Waals surface area contributed by atoms with Crippen molar-refractivity contribution in [3.8, 4) is 0 Å². The fourth-order valence-corrected chi connectivity index (χ4v) is 2.33. The van der Waals surface area contributed by atoms with E-state index in [9.17, 15) is 14.9 Å². The second kappa shape index (κ2) is 6.58. The number of esters is 1. The van der Waals surface area contributed by atoms with E-state index >= 15 is 0 Å². The van der Waals surface area contributed by atoms with Gasteiger partial charge in [-0.2, -0.15) is 0 Å². The number of carbonyl (C=O) groups is 1. The van der Waals surface area contributed by atoms with E-state index in [1.807, 2.05) is 0 Å². The van der Waals surface area contributed by atoms with Gasteiger partial charge in [0.05, 0.1) is 24.0 Å². The number of hydrogen-bond donors (Lipinski definition) is 0. The molecule has 0 saturated carbocycles. The third kappa shape index (κ3) is 3.72. The fourth-order valence-electron chi connectivity index (χ4n) is 2.10.